The Labute approximate surface area is 314 Å². The van der Waals surface area contributed by atoms with Crippen LogP contribution in [0.15, 0.2) is 72.9 Å². The van der Waals surface area contributed by atoms with E-state index in [1.165, 1.54) is 0 Å². The maximum Gasteiger partial charge on any atom is 0.320 e. The van der Waals surface area contributed by atoms with E-state index in [1.807, 2.05) is 55.6 Å². The predicted molar refractivity (Wildman–Crippen MR) is 213 cm³/mol. The maximum absolute atomic E-state index is 13.7. The minimum absolute atomic E-state index is 0.0149. The first kappa shape index (κ1) is 38.1. The predicted octanol–water partition coefficient (Wildman–Crippen LogP) is 8.53. The highest BCUT2D eigenvalue weighted by Crippen LogP contribution is 2.40. The fourth-order valence-electron chi connectivity index (χ4n) is 6.80. The molecule has 12 heteroatoms. The Kier molecular flexibility index (Phi) is 10.5. The van der Waals surface area contributed by atoms with Gasteiger partial charge < -0.3 is 14.5 Å². The molecule has 0 bridgehead atoms. The van der Waals surface area contributed by atoms with Gasteiger partial charge in [0.05, 0.1) is 29.7 Å². The van der Waals surface area contributed by atoms with Crippen molar-refractivity contribution in [1.29, 1.82) is 10.8 Å². The summed E-state index contributed by atoms with van der Waals surface area (Å²) in [7, 11) is 0.0355. The summed E-state index contributed by atoms with van der Waals surface area (Å²) in [6.07, 6.45) is 4.84. The van der Waals surface area contributed by atoms with Crippen molar-refractivity contribution < 1.29 is 14.0 Å². The normalized spacial score (nSPS) is 19.4. The lowest BCUT2D eigenvalue weighted by Crippen LogP contribution is -2.43. The summed E-state index contributed by atoms with van der Waals surface area (Å²) in [5, 5.41) is 28.7. The first-order valence-corrected chi connectivity index (χ1v) is 21.6. The monoisotopic (exact) mass is 736 g/mol. The minimum Gasteiger partial charge on any atom is -0.544 e. The number of carbonyl (C=O) groups is 1. The molecule has 11 nitrogen and oxygen atoms in total. The molecular weight excluding hydrogens is 681 g/mol. The number of amides is 2. The molecule has 3 heterocycles. The smallest absolute Gasteiger partial charge is 0.320 e. The molecule has 1 aliphatic carbocycles. The standard InChI is InChI=1S/C41H56N8O3Si/c1-40(2,3)35-25-37(49(46-35)27-16-18-28(19-17-27)52-53(8,9)41(4,5)6)45-39(50)44-32-21-22-34(31-14-11-10-13-30(31)32)51-29-20-23-36(42)48(26-29)38(43)33-15-12-24-47(33)7/h10-11,13-14,16-20,23,25-26,32-34,42-43H,12,15,21-22,24H2,1-9H3,(H2,44,45,50)/t32-,33-,34+/m0/s1. The van der Waals surface area contributed by atoms with E-state index < -0.39 is 8.32 Å². The van der Waals surface area contributed by atoms with Gasteiger partial charge in [-0.15, -0.1) is 0 Å². The van der Waals surface area contributed by atoms with Crippen LogP contribution in [0.3, 0.4) is 0 Å². The Bertz CT molecular complexity index is 2020. The second-order valence-electron chi connectivity index (χ2n) is 17.0. The van der Waals surface area contributed by atoms with Gasteiger partial charge in [0.2, 0.25) is 8.32 Å². The van der Waals surface area contributed by atoms with Gasteiger partial charge in [-0.2, -0.15) is 5.10 Å². The van der Waals surface area contributed by atoms with Gasteiger partial charge in [-0.3, -0.25) is 25.6 Å². The van der Waals surface area contributed by atoms with E-state index in [9.17, 15) is 4.79 Å². The van der Waals surface area contributed by atoms with Gasteiger partial charge >= 0.3 is 6.03 Å². The van der Waals surface area contributed by atoms with Crippen LogP contribution in [0.25, 0.3) is 5.69 Å². The zero-order valence-corrected chi connectivity index (χ0v) is 33.7. The third kappa shape index (κ3) is 8.28. The van der Waals surface area contributed by atoms with E-state index in [-0.39, 0.29) is 40.2 Å². The van der Waals surface area contributed by atoms with Gasteiger partial charge in [0.25, 0.3) is 0 Å². The third-order valence-electron chi connectivity index (χ3n) is 11.0. The van der Waals surface area contributed by atoms with Gasteiger partial charge in [-0.25, -0.2) is 9.48 Å². The van der Waals surface area contributed by atoms with E-state index in [1.54, 1.807) is 27.6 Å². The van der Waals surface area contributed by atoms with E-state index in [0.29, 0.717) is 30.2 Å². The van der Waals surface area contributed by atoms with Crippen LogP contribution in [-0.2, 0) is 5.41 Å². The van der Waals surface area contributed by atoms with Gasteiger partial charge in [0.15, 0.2) is 0 Å². The lowest BCUT2D eigenvalue weighted by Gasteiger charge is -2.36. The highest BCUT2D eigenvalue weighted by atomic mass is 28.4. The molecule has 1 saturated heterocycles. The Morgan fingerprint density at radius 3 is 2.25 bits per heavy atom. The number of rotatable bonds is 8. The Hall–Kier alpha value is -4.68. The number of ether oxygens (including phenoxy) is 1. The molecule has 2 aromatic carbocycles. The number of aromatic nitrogens is 3. The molecule has 2 amide bonds. The molecule has 4 N–H and O–H groups in total. The van der Waals surface area contributed by atoms with Crippen LogP contribution in [0.5, 0.6) is 11.5 Å². The molecule has 0 spiro atoms. The summed E-state index contributed by atoms with van der Waals surface area (Å²) in [5.41, 5.74) is 3.73. The Morgan fingerprint density at radius 2 is 1.60 bits per heavy atom. The molecule has 6 rings (SSSR count). The lowest BCUT2D eigenvalue weighted by atomic mass is 9.85. The Morgan fingerprint density at radius 1 is 0.925 bits per heavy atom. The first-order chi connectivity index (χ1) is 24.9. The fraction of sp³-hybridized carbons (Fsp3) is 0.463. The summed E-state index contributed by atoms with van der Waals surface area (Å²) in [4.78, 5) is 15.9. The number of urea groups is 1. The summed E-state index contributed by atoms with van der Waals surface area (Å²) in [6.45, 7) is 18.4. The van der Waals surface area contributed by atoms with Crippen molar-refractivity contribution >= 4 is 26.0 Å². The van der Waals surface area contributed by atoms with Crippen LogP contribution >= 0.6 is 0 Å². The third-order valence-corrected chi connectivity index (χ3v) is 15.4. The van der Waals surface area contributed by atoms with Gasteiger partial charge in [-0.05, 0) is 105 Å². The topological polar surface area (TPSA) is 133 Å². The minimum atomic E-state index is -1.99. The first-order valence-electron chi connectivity index (χ1n) is 18.7. The molecule has 3 atom stereocenters. The van der Waals surface area contributed by atoms with Crippen molar-refractivity contribution in [2.45, 2.75) is 109 Å². The van der Waals surface area contributed by atoms with Crippen LogP contribution in [0, 0.1) is 10.8 Å². The molecule has 1 fully saturated rings. The van der Waals surface area contributed by atoms with Crippen molar-refractivity contribution in [1.82, 2.24) is 24.6 Å². The van der Waals surface area contributed by atoms with Crippen molar-refractivity contribution in [3.8, 4) is 17.2 Å². The van der Waals surface area contributed by atoms with Crippen LogP contribution in [0.4, 0.5) is 10.6 Å². The number of pyridine rings is 1. The van der Waals surface area contributed by atoms with Crippen molar-refractivity contribution in [2.75, 3.05) is 18.9 Å². The summed E-state index contributed by atoms with van der Waals surface area (Å²) < 4.78 is 16.5. The van der Waals surface area contributed by atoms with E-state index in [0.717, 1.165) is 47.6 Å². The summed E-state index contributed by atoms with van der Waals surface area (Å²) in [6, 6.07) is 20.9. The lowest BCUT2D eigenvalue weighted by molar-refractivity contribution is 0.171. The van der Waals surface area contributed by atoms with Gasteiger partial charge in [0, 0.05) is 11.5 Å². The van der Waals surface area contributed by atoms with Crippen molar-refractivity contribution in [2.24, 2.45) is 0 Å². The quantitative estimate of drug-likeness (QED) is 0.0818. The number of carbonyl (C=O) groups excluding carboxylic acids is 1. The van der Waals surface area contributed by atoms with Crippen molar-refractivity contribution in [3.63, 3.8) is 0 Å². The second-order valence-corrected chi connectivity index (χ2v) is 21.8. The molecule has 0 saturated carbocycles. The molecule has 2 aliphatic rings. The fourth-order valence-corrected chi connectivity index (χ4v) is 7.83. The molecule has 2 aromatic heterocycles. The van der Waals surface area contributed by atoms with E-state index in [4.69, 9.17) is 25.1 Å². The number of anilines is 1. The summed E-state index contributed by atoms with van der Waals surface area (Å²) in [5.74, 6) is 2.41. The largest absolute Gasteiger partial charge is 0.544 e. The van der Waals surface area contributed by atoms with Gasteiger partial charge in [0.1, 0.15) is 34.7 Å². The zero-order valence-electron chi connectivity index (χ0n) is 32.7. The van der Waals surface area contributed by atoms with Crippen LogP contribution < -0.4 is 25.3 Å². The number of nitrogens with zero attached hydrogens (tertiary/aromatic N) is 4. The average Bonchev–Trinajstić information content (AvgIpc) is 3.72. The molecule has 4 aromatic rings. The average molecular weight is 737 g/mol. The van der Waals surface area contributed by atoms with Crippen LogP contribution in [-0.4, -0.2) is 59.1 Å². The zero-order chi connectivity index (χ0) is 38.3. The molecular formula is C41H56N8O3Si. The SMILES string of the molecule is CN1CCC[C@H]1C(=N)n1cc(O[C@@H]2CC[C@H](NC(=O)Nc3cc(C(C)(C)C)nn3-c3ccc(O[Si](C)(C)C(C)(C)C)cc3)c3ccccc32)ccc1=N. The van der Waals surface area contributed by atoms with Crippen LogP contribution in [0.1, 0.15) is 96.2 Å². The highest BCUT2D eigenvalue weighted by Gasteiger charge is 2.39. The maximum atomic E-state index is 13.7. The van der Waals surface area contributed by atoms with Crippen molar-refractivity contribution in [3.05, 3.63) is 95.2 Å². The van der Waals surface area contributed by atoms with Gasteiger partial charge in [-0.1, -0.05) is 65.8 Å². The number of hydrogen-bond acceptors (Lipinski definition) is 7. The number of fused-ring (bicyclic) bond motifs is 1. The number of likely N-dealkylation sites (tertiary alicyclic amines) is 1. The highest BCUT2D eigenvalue weighted by molar-refractivity contribution is 6.74. The summed E-state index contributed by atoms with van der Waals surface area (Å²) >= 11 is 0. The van der Waals surface area contributed by atoms with E-state index >= 15 is 0 Å². The number of hydrogen-bond donors (Lipinski definition) is 4. The number of nitrogens with one attached hydrogen (secondary N) is 4. The Balaban J connectivity index is 1.18. The molecule has 282 valence electrons. The molecule has 0 unspecified atom stereocenters. The second kappa shape index (κ2) is 14.6. The number of benzene rings is 2. The molecule has 53 heavy (non-hydrogen) atoms. The molecule has 1 aliphatic heterocycles. The van der Waals surface area contributed by atoms with E-state index in [2.05, 4.69) is 76.2 Å². The molecule has 0 radical (unpaired) electrons. The van der Waals surface area contributed by atoms with Crippen LogP contribution in [0.2, 0.25) is 18.1 Å². The number of likely N-dealkylation sites (N-methyl/N-ethyl adjacent to an activating group) is 1.